The molecule has 0 aliphatic rings. The quantitative estimate of drug-likeness (QED) is 0.193. The summed E-state index contributed by atoms with van der Waals surface area (Å²) in [5, 5.41) is 4.75. The third kappa shape index (κ3) is 7.63. The number of hydrogen-bond acceptors (Lipinski definition) is 6. The highest BCUT2D eigenvalue weighted by Crippen LogP contribution is 2.37. The lowest BCUT2D eigenvalue weighted by Gasteiger charge is -2.13. The van der Waals surface area contributed by atoms with Crippen LogP contribution in [-0.4, -0.2) is 32.4 Å². The Morgan fingerprint density at radius 1 is 1.00 bits per heavy atom. The highest BCUT2D eigenvalue weighted by atomic mass is 79.9. The van der Waals surface area contributed by atoms with Crippen molar-refractivity contribution in [1.29, 1.82) is 0 Å². The Balaban J connectivity index is 1.67. The van der Waals surface area contributed by atoms with Crippen LogP contribution < -0.4 is 24.4 Å². The third-order valence-corrected chi connectivity index (χ3v) is 5.74. The average Bonchev–Trinajstić information content (AvgIpc) is 2.88. The second-order valence-electron chi connectivity index (χ2n) is 7.59. The highest BCUT2D eigenvalue weighted by molar-refractivity contribution is 9.10. The van der Waals surface area contributed by atoms with Crippen molar-refractivity contribution in [2.45, 2.75) is 26.9 Å². The van der Waals surface area contributed by atoms with Crippen LogP contribution in [0.3, 0.4) is 0 Å². The fourth-order valence-corrected chi connectivity index (χ4v) is 3.87. The molecule has 3 rings (SSSR count). The molecule has 1 amide bonds. The Hall–Kier alpha value is -3.23. The third-order valence-electron chi connectivity index (χ3n) is 4.90. The zero-order valence-electron chi connectivity index (χ0n) is 20.3. The van der Waals surface area contributed by atoms with Gasteiger partial charge in [0.1, 0.15) is 6.61 Å². The van der Waals surface area contributed by atoms with E-state index in [2.05, 4.69) is 26.5 Å². The van der Waals surface area contributed by atoms with Gasteiger partial charge in [-0.25, -0.2) is 5.43 Å². The molecule has 7 nitrogen and oxygen atoms in total. The summed E-state index contributed by atoms with van der Waals surface area (Å²) in [6.07, 6.45) is 2.40. The van der Waals surface area contributed by atoms with Crippen molar-refractivity contribution >= 4 is 39.7 Å². The lowest BCUT2D eigenvalue weighted by molar-refractivity contribution is 0.0954. The SMILES string of the molecule is CCCOc1ccc(C(=O)N/N=C/c2cc(Br)c(OCc3ccc(Cl)cc3)c(OC)c2)cc1OCC. The molecular formula is C27H28BrClN2O5. The summed E-state index contributed by atoms with van der Waals surface area (Å²) >= 11 is 9.47. The Morgan fingerprint density at radius 3 is 2.47 bits per heavy atom. The van der Waals surface area contributed by atoms with Gasteiger partial charge in [-0.2, -0.15) is 5.10 Å². The van der Waals surface area contributed by atoms with E-state index in [0.29, 0.717) is 63.4 Å². The van der Waals surface area contributed by atoms with Crippen molar-refractivity contribution in [3.05, 3.63) is 80.8 Å². The molecular weight excluding hydrogens is 548 g/mol. The van der Waals surface area contributed by atoms with Crippen LogP contribution in [-0.2, 0) is 6.61 Å². The summed E-state index contributed by atoms with van der Waals surface area (Å²) in [6.45, 7) is 5.28. The molecule has 190 valence electrons. The van der Waals surface area contributed by atoms with Gasteiger partial charge in [0.05, 0.1) is 31.0 Å². The first-order valence-electron chi connectivity index (χ1n) is 11.4. The minimum Gasteiger partial charge on any atom is -0.493 e. The molecule has 0 fully saturated rings. The van der Waals surface area contributed by atoms with Gasteiger partial charge in [0.15, 0.2) is 23.0 Å². The van der Waals surface area contributed by atoms with Gasteiger partial charge in [0.25, 0.3) is 5.91 Å². The molecule has 36 heavy (non-hydrogen) atoms. The van der Waals surface area contributed by atoms with E-state index < -0.39 is 0 Å². The molecule has 0 heterocycles. The van der Waals surface area contributed by atoms with Gasteiger partial charge in [0.2, 0.25) is 0 Å². The summed E-state index contributed by atoms with van der Waals surface area (Å²) in [7, 11) is 1.56. The number of nitrogens with one attached hydrogen (secondary N) is 1. The Labute approximate surface area is 224 Å². The normalized spacial score (nSPS) is 10.8. The van der Waals surface area contributed by atoms with E-state index in [1.54, 1.807) is 31.4 Å². The maximum Gasteiger partial charge on any atom is 0.271 e. The van der Waals surface area contributed by atoms with Gasteiger partial charge < -0.3 is 18.9 Å². The van der Waals surface area contributed by atoms with Crippen molar-refractivity contribution in [3.63, 3.8) is 0 Å². The largest absolute Gasteiger partial charge is 0.493 e. The smallest absolute Gasteiger partial charge is 0.271 e. The van der Waals surface area contributed by atoms with Crippen molar-refractivity contribution in [2.75, 3.05) is 20.3 Å². The number of halogens is 2. The minimum atomic E-state index is -0.372. The number of nitrogens with zero attached hydrogens (tertiary/aromatic N) is 1. The fraction of sp³-hybridized carbons (Fsp3) is 0.259. The molecule has 3 aromatic carbocycles. The van der Waals surface area contributed by atoms with Crippen LogP contribution >= 0.6 is 27.5 Å². The molecule has 9 heteroatoms. The van der Waals surface area contributed by atoms with E-state index in [4.69, 9.17) is 30.5 Å². The van der Waals surface area contributed by atoms with Crippen LogP contribution in [0.2, 0.25) is 5.02 Å². The maximum absolute atomic E-state index is 12.6. The van der Waals surface area contributed by atoms with Crippen LogP contribution in [0, 0.1) is 0 Å². The monoisotopic (exact) mass is 574 g/mol. The summed E-state index contributed by atoms with van der Waals surface area (Å²) in [4.78, 5) is 12.6. The van der Waals surface area contributed by atoms with Crippen molar-refractivity contribution in [3.8, 4) is 23.0 Å². The van der Waals surface area contributed by atoms with E-state index >= 15 is 0 Å². The van der Waals surface area contributed by atoms with Crippen LogP contribution in [0.4, 0.5) is 0 Å². The molecule has 0 unspecified atom stereocenters. The lowest BCUT2D eigenvalue weighted by Crippen LogP contribution is -2.17. The predicted molar refractivity (Wildman–Crippen MR) is 145 cm³/mol. The first kappa shape index (κ1) is 27.4. The zero-order chi connectivity index (χ0) is 25.9. The molecule has 0 spiro atoms. The molecule has 0 radical (unpaired) electrons. The number of rotatable bonds is 12. The Morgan fingerprint density at radius 2 is 1.78 bits per heavy atom. The standard InChI is InChI=1S/C27H28BrClN2O5/c1-4-12-35-23-11-8-20(15-24(23)34-5-2)27(32)31-30-16-19-13-22(28)26(25(14-19)33-3)36-17-18-6-9-21(29)10-7-18/h6-11,13-16H,4-5,12,17H2,1-3H3,(H,31,32)/b30-16+. The summed E-state index contributed by atoms with van der Waals surface area (Å²) in [5.41, 5.74) is 4.62. The molecule has 0 bridgehead atoms. The van der Waals surface area contributed by atoms with Gasteiger partial charge in [-0.1, -0.05) is 30.7 Å². The number of benzene rings is 3. The molecule has 3 aromatic rings. The molecule has 0 aliphatic heterocycles. The van der Waals surface area contributed by atoms with Crippen molar-refractivity contribution in [2.24, 2.45) is 5.10 Å². The first-order valence-corrected chi connectivity index (χ1v) is 12.6. The fourth-order valence-electron chi connectivity index (χ4n) is 3.17. The molecule has 1 N–H and O–H groups in total. The molecule has 0 atom stereocenters. The van der Waals surface area contributed by atoms with Gasteiger partial charge in [0, 0.05) is 10.6 Å². The van der Waals surface area contributed by atoms with E-state index in [0.717, 1.165) is 12.0 Å². The second-order valence-corrected chi connectivity index (χ2v) is 8.88. The molecule has 0 saturated carbocycles. The van der Waals surface area contributed by atoms with Gasteiger partial charge >= 0.3 is 0 Å². The predicted octanol–water partition coefficient (Wildman–Crippen LogP) is 6.64. The number of hydrogen-bond donors (Lipinski definition) is 1. The first-order chi connectivity index (χ1) is 17.4. The van der Waals surface area contributed by atoms with Gasteiger partial charge in [-0.15, -0.1) is 0 Å². The van der Waals surface area contributed by atoms with E-state index in [1.807, 2.05) is 44.2 Å². The topological polar surface area (TPSA) is 78.4 Å². The van der Waals surface area contributed by atoms with Crippen molar-refractivity contribution < 1.29 is 23.7 Å². The van der Waals surface area contributed by atoms with Crippen LogP contribution in [0.15, 0.2) is 64.2 Å². The number of hydrazone groups is 1. The number of carbonyl (C=O) groups is 1. The maximum atomic E-state index is 12.6. The number of amides is 1. The number of methoxy groups -OCH3 is 1. The molecule has 0 saturated heterocycles. The van der Waals surface area contributed by atoms with E-state index in [-0.39, 0.29) is 5.91 Å². The Kier molecular flexibility index (Phi) is 10.5. The van der Waals surface area contributed by atoms with Crippen LogP contribution in [0.25, 0.3) is 0 Å². The van der Waals surface area contributed by atoms with Gasteiger partial charge in [-0.05, 0) is 82.9 Å². The van der Waals surface area contributed by atoms with Gasteiger partial charge in [-0.3, -0.25) is 4.79 Å². The minimum absolute atomic E-state index is 0.349. The highest BCUT2D eigenvalue weighted by Gasteiger charge is 2.13. The Bertz CT molecular complexity index is 1200. The van der Waals surface area contributed by atoms with Crippen LogP contribution in [0.5, 0.6) is 23.0 Å². The van der Waals surface area contributed by atoms with Crippen molar-refractivity contribution in [1.82, 2.24) is 5.43 Å². The zero-order valence-corrected chi connectivity index (χ0v) is 22.7. The summed E-state index contributed by atoms with van der Waals surface area (Å²) in [5.74, 6) is 1.83. The summed E-state index contributed by atoms with van der Waals surface area (Å²) < 4.78 is 23.4. The number of ether oxygens (including phenoxy) is 4. The summed E-state index contributed by atoms with van der Waals surface area (Å²) in [6, 6.07) is 16.1. The molecule has 0 aromatic heterocycles. The van der Waals surface area contributed by atoms with Crippen LogP contribution in [0.1, 0.15) is 41.8 Å². The van der Waals surface area contributed by atoms with E-state index in [9.17, 15) is 4.79 Å². The second kappa shape index (κ2) is 13.8. The number of carbonyl (C=O) groups excluding carboxylic acids is 1. The molecule has 0 aliphatic carbocycles. The lowest BCUT2D eigenvalue weighted by atomic mass is 10.2. The average molecular weight is 576 g/mol. The van der Waals surface area contributed by atoms with E-state index in [1.165, 1.54) is 6.21 Å².